The fourth-order valence-corrected chi connectivity index (χ4v) is 2.86. The Hall–Kier alpha value is -1.79. The van der Waals surface area contributed by atoms with Crippen molar-refractivity contribution >= 4 is 0 Å². The van der Waals surface area contributed by atoms with Crippen LogP contribution in [0, 0.1) is 0 Å². The van der Waals surface area contributed by atoms with Crippen molar-refractivity contribution in [1.82, 2.24) is 20.0 Å². The number of hydrogen-bond acceptors (Lipinski definition) is 6. The summed E-state index contributed by atoms with van der Waals surface area (Å²) in [6.07, 6.45) is 8.03. The zero-order valence-corrected chi connectivity index (χ0v) is 13.6. The van der Waals surface area contributed by atoms with Gasteiger partial charge in [-0.2, -0.15) is 4.98 Å². The van der Waals surface area contributed by atoms with Crippen LogP contribution >= 0.6 is 0 Å². The molecule has 1 unspecified atom stereocenters. The van der Waals surface area contributed by atoms with Crippen LogP contribution in [-0.4, -0.2) is 39.2 Å². The van der Waals surface area contributed by atoms with Gasteiger partial charge in [-0.3, -0.25) is 9.88 Å². The summed E-state index contributed by atoms with van der Waals surface area (Å²) in [6, 6.07) is 3.98. The number of aryl methyl sites for hydroxylation is 1. The number of hydrogen-bond donors (Lipinski definition) is 0. The van der Waals surface area contributed by atoms with Gasteiger partial charge in [0.05, 0.1) is 19.3 Å². The summed E-state index contributed by atoms with van der Waals surface area (Å²) in [5.74, 6) is 1.52. The molecule has 1 aliphatic heterocycles. The van der Waals surface area contributed by atoms with Crippen LogP contribution in [0.1, 0.15) is 43.5 Å². The predicted molar refractivity (Wildman–Crippen MR) is 85.6 cm³/mol. The molecule has 0 amide bonds. The third-order valence-corrected chi connectivity index (χ3v) is 4.01. The number of piperidine rings is 1. The number of likely N-dealkylation sites (tertiary alicyclic amines) is 1. The molecule has 0 aliphatic carbocycles. The van der Waals surface area contributed by atoms with Gasteiger partial charge in [0, 0.05) is 25.4 Å². The lowest BCUT2D eigenvalue weighted by Crippen LogP contribution is -2.39. The van der Waals surface area contributed by atoms with E-state index in [-0.39, 0.29) is 6.10 Å². The normalized spacial score (nSPS) is 19.1. The zero-order chi connectivity index (χ0) is 15.9. The highest BCUT2D eigenvalue weighted by molar-refractivity contribution is 5.06. The summed E-state index contributed by atoms with van der Waals surface area (Å²) < 4.78 is 11.4. The molecule has 2 aromatic heterocycles. The van der Waals surface area contributed by atoms with Gasteiger partial charge in [0.1, 0.15) is 0 Å². The predicted octanol–water partition coefficient (Wildman–Crippen LogP) is 2.60. The van der Waals surface area contributed by atoms with E-state index in [1.165, 1.54) is 0 Å². The van der Waals surface area contributed by atoms with E-state index in [2.05, 4.69) is 26.9 Å². The lowest BCUT2D eigenvalue weighted by atomic mass is 10.1. The Balaban J connectivity index is 1.47. The van der Waals surface area contributed by atoms with Crippen LogP contribution in [0.25, 0.3) is 0 Å². The Kier molecular flexibility index (Phi) is 5.71. The van der Waals surface area contributed by atoms with E-state index >= 15 is 0 Å². The monoisotopic (exact) mass is 316 g/mol. The first-order valence-electron chi connectivity index (χ1n) is 8.38. The maximum Gasteiger partial charge on any atom is 0.240 e. The summed E-state index contributed by atoms with van der Waals surface area (Å²) in [6.45, 7) is 5.41. The van der Waals surface area contributed by atoms with Crippen LogP contribution in [0.5, 0.6) is 0 Å². The lowest BCUT2D eigenvalue weighted by Gasteiger charge is -2.31. The largest absolute Gasteiger partial charge is 0.372 e. The van der Waals surface area contributed by atoms with E-state index in [0.717, 1.165) is 50.2 Å². The molecule has 0 radical (unpaired) electrons. The maximum absolute atomic E-state index is 6.03. The third kappa shape index (κ3) is 4.84. The van der Waals surface area contributed by atoms with Crippen LogP contribution in [0.4, 0.5) is 0 Å². The van der Waals surface area contributed by atoms with Gasteiger partial charge in [0.15, 0.2) is 5.82 Å². The average Bonchev–Trinajstić information content (AvgIpc) is 3.02. The highest BCUT2D eigenvalue weighted by Gasteiger charge is 2.22. The second-order valence-electron chi connectivity index (χ2n) is 6.03. The Morgan fingerprint density at radius 1 is 1.43 bits per heavy atom. The molecule has 23 heavy (non-hydrogen) atoms. The standard InChI is InChI=1S/C17H24N4O2/c1-2-5-16-19-17(23-20-16)12-21-9-4-7-15(11-21)22-13-14-6-3-8-18-10-14/h3,6,8,10,15H,2,4-5,7,9,11-13H2,1H3. The molecule has 1 saturated heterocycles. The highest BCUT2D eigenvalue weighted by Crippen LogP contribution is 2.17. The number of nitrogens with zero attached hydrogens (tertiary/aromatic N) is 4. The number of aromatic nitrogens is 3. The van der Waals surface area contributed by atoms with Gasteiger partial charge < -0.3 is 9.26 Å². The molecule has 2 aromatic rings. The molecule has 0 bridgehead atoms. The smallest absolute Gasteiger partial charge is 0.240 e. The molecule has 6 heteroatoms. The van der Waals surface area contributed by atoms with Crippen molar-refractivity contribution in [2.45, 2.75) is 51.9 Å². The summed E-state index contributed by atoms with van der Waals surface area (Å²) in [7, 11) is 0. The van der Waals surface area contributed by atoms with E-state index in [9.17, 15) is 0 Å². The number of rotatable bonds is 7. The van der Waals surface area contributed by atoms with E-state index < -0.39 is 0 Å². The fourth-order valence-electron chi connectivity index (χ4n) is 2.86. The summed E-state index contributed by atoms with van der Waals surface area (Å²) in [4.78, 5) is 10.9. The van der Waals surface area contributed by atoms with Gasteiger partial charge >= 0.3 is 0 Å². The molecule has 0 spiro atoms. The van der Waals surface area contributed by atoms with Gasteiger partial charge in [-0.1, -0.05) is 18.1 Å². The Morgan fingerprint density at radius 2 is 2.39 bits per heavy atom. The molecule has 1 atom stereocenters. The van der Waals surface area contributed by atoms with Crippen molar-refractivity contribution in [2.24, 2.45) is 0 Å². The average molecular weight is 316 g/mol. The van der Waals surface area contributed by atoms with Crippen LogP contribution in [0.3, 0.4) is 0 Å². The van der Waals surface area contributed by atoms with Crippen molar-refractivity contribution in [2.75, 3.05) is 13.1 Å². The van der Waals surface area contributed by atoms with Crippen molar-refractivity contribution in [3.8, 4) is 0 Å². The first-order valence-corrected chi connectivity index (χ1v) is 8.38. The summed E-state index contributed by atoms with van der Waals surface area (Å²) >= 11 is 0. The van der Waals surface area contributed by atoms with Crippen molar-refractivity contribution in [3.05, 3.63) is 41.8 Å². The van der Waals surface area contributed by atoms with Crippen LogP contribution in [0.15, 0.2) is 29.0 Å². The van der Waals surface area contributed by atoms with E-state index in [1.54, 1.807) is 6.20 Å². The summed E-state index contributed by atoms with van der Waals surface area (Å²) in [5.41, 5.74) is 1.12. The minimum Gasteiger partial charge on any atom is -0.372 e. The minimum atomic E-state index is 0.252. The first kappa shape index (κ1) is 16.1. The zero-order valence-electron chi connectivity index (χ0n) is 13.6. The molecule has 6 nitrogen and oxygen atoms in total. The molecule has 1 aliphatic rings. The van der Waals surface area contributed by atoms with Crippen molar-refractivity contribution in [1.29, 1.82) is 0 Å². The Morgan fingerprint density at radius 3 is 3.22 bits per heavy atom. The van der Waals surface area contributed by atoms with Gasteiger partial charge in [-0.25, -0.2) is 0 Å². The topological polar surface area (TPSA) is 64.3 Å². The van der Waals surface area contributed by atoms with Crippen LogP contribution in [-0.2, 0) is 24.3 Å². The van der Waals surface area contributed by atoms with Crippen molar-refractivity contribution in [3.63, 3.8) is 0 Å². The fraction of sp³-hybridized carbons (Fsp3) is 0.588. The molecule has 0 aromatic carbocycles. The van der Waals surface area contributed by atoms with E-state index in [0.29, 0.717) is 19.0 Å². The second kappa shape index (κ2) is 8.17. The van der Waals surface area contributed by atoms with Gasteiger partial charge in [0.2, 0.25) is 5.89 Å². The van der Waals surface area contributed by atoms with Gasteiger partial charge in [-0.15, -0.1) is 0 Å². The van der Waals surface area contributed by atoms with E-state index in [1.807, 2.05) is 18.3 Å². The number of ether oxygens (including phenoxy) is 1. The second-order valence-corrected chi connectivity index (χ2v) is 6.03. The number of pyridine rings is 1. The molecule has 3 rings (SSSR count). The van der Waals surface area contributed by atoms with Crippen LogP contribution < -0.4 is 0 Å². The van der Waals surface area contributed by atoms with Gasteiger partial charge in [-0.05, 0) is 37.4 Å². The van der Waals surface area contributed by atoms with Crippen LogP contribution in [0.2, 0.25) is 0 Å². The summed E-state index contributed by atoms with van der Waals surface area (Å²) in [5, 5.41) is 4.02. The van der Waals surface area contributed by atoms with Gasteiger partial charge in [0.25, 0.3) is 0 Å². The quantitative estimate of drug-likeness (QED) is 0.782. The molecule has 1 fully saturated rings. The maximum atomic E-state index is 6.03. The van der Waals surface area contributed by atoms with Crippen molar-refractivity contribution < 1.29 is 9.26 Å². The first-order chi connectivity index (χ1) is 11.3. The van der Waals surface area contributed by atoms with E-state index in [4.69, 9.17) is 9.26 Å². The molecule has 124 valence electrons. The third-order valence-electron chi connectivity index (χ3n) is 4.01. The molecule has 3 heterocycles. The molecular weight excluding hydrogens is 292 g/mol. The Labute approximate surface area is 136 Å². The lowest BCUT2D eigenvalue weighted by molar-refractivity contribution is -0.0142. The highest BCUT2D eigenvalue weighted by atomic mass is 16.5. The minimum absolute atomic E-state index is 0.252. The molecule has 0 N–H and O–H groups in total. The Bertz CT molecular complexity index is 587. The molecular formula is C17H24N4O2. The SMILES string of the molecule is CCCc1noc(CN2CCCC(OCc3cccnc3)C2)n1. The molecule has 0 saturated carbocycles.